The number of nitrogens with two attached hydrogens (primary N) is 1. The van der Waals surface area contributed by atoms with Gasteiger partial charge in [0.2, 0.25) is 0 Å². The third-order valence-corrected chi connectivity index (χ3v) is 7.06. The minimum absolute atomic E-state index is 0.232. The van der Waals surface area contributed by atoms with Crippen LogP contribution in [0.4, 0.5) is 5.82 Å². The third-order valence-electron chi connectivity index (χ3n) is 7.06. The van der Waals surface area contributed by atoms with Gasteiger partial charge in [-0.1, -0.05) is 36.6 Å². The first-order valence-electron chi connectivity index (χ1n) is 12.3. The SMILES string of the molecule is Cc1cccc(-c2ccn(-c3cc(N4CCOCC4)n4nc(C(N)=O)c(C5CCCC5)c4n3)n2)c1. The molecule has 9 heteroatoms. The molecule has 2 fully saturated rings. The summed E-state index contributed by atoms with van der Waals surface area (Å²) in [6.45, 7) is 4.81. The Balaban J connectivity index is 1.53. The molecule has 0 spiro atoms. The van der Waals surface area contributed by atoms with Crippen molar-refractivity contribution in [1.82, 2.24) is 24.4 Å². The van der Waals surface area contributed by atoms with Crippen molar-refractivity contribution in [2.45, 2.75) is 38.5 Å². The summed E-state index contributed by atoms with van der Waals surface area (Å²) >= 11 is 0. The van der Waals surface area contributed by atoms with Crippen molar-refractivity contribution in [1.29, 1.82) is 0 Å². The zero-order valence-electron chi connectivity index (χ0n) is 19.9. The Morgan fingerprint density at radius 1 is 1.09 bits per heavy atom. The van der Waals surface area contributed by atoms with Crippen LogP contribution in [0, 0.1) is 6.92 Å². The molecule has 0 atom stereocenters. The molecule has 1 saturated heterocycles. The highest BCUT2D eigenvalue weighted by atomic mass is 16.5. The Bertz CT molecular complexity index is 1390. The largest absolute Gasteiger partial charge is 0.378 e. The molecule has 1 aliphatic heterocycles. The van der Waals surface area contributed by atoms with Crippen molar-refractivity contribution in [2.24, 2.45) is 5.73 Å². The van der Waals surface area contributed by atoms with Gasteiger partial charge in [-0.3, -0.25) is 4.79 Å². The van der Waals surface area contributed by atoms with Crippen LogP contribution in [0.25, 0.3) is 22.7 Å². The Morgan fingerprint density at radius 3 is 2.63 bits per heavy atom. The van der Waals surface area contributed by atoms with E-state index in [2.05, 4.69) is 30.0 Å². The summed E-state index contributed by atoms with van der Waals surface area (Å²) in [6, 6.07) is 12.3. The van der Waals surface area contributed by atoms with Crippen LogP contribution in [0.5, 0.6) is 0 Å². The van der Waals surface area contributed by atoms with Crippen LogP contribution in [0.3, 0.4) is 0 Å². The summed E-state index contributed by atoms with van der Waals surface area (Å²) in [7, 11) is 0. The number of anilines is 1. The minimum atomic E-state index is -0.507. The molecule has 180 valence electrons. The Kier molecular flexibility index (Phi) is 5.49. The van der Waals surface area contributed by atoms with Crippen molar-refractivity contribution in [3.63, 3.8) is 0 Å². The summed E-state index contributed by atoms with van der Waals surface area (Å²) in [4.78, 5) is 19.7. The smallest absolute Gasteiger partial charge is 0.269 e. The molecule has 4 heterocycles. The van der Waals surface area contributed by atoms with Crippen LogP contribution in [-0.4, -0.2) is 56.6 Å². The van der Waals surface area contributed by atoms with Gasteiger partial charge < -0.3 is 15.4 Å². The van der Waals surface area contributed by atoms with Gasteiger partial charge in [0.1, 0.15) is 5.82 Å². The fourth-order valence-corrected chi connectivity index (χ4v) is 5.32. The van der Waals surface area contributed by atoms with Crippen LogP contribution in [0.2, 0.25) is 0 Å². The Labute approximate surface area is 203 Å². The molecule has 0 bridgehead atoms. The van der Waals surface area contributed by atoms with E-state index in [4.69, 9.17) is 25.7 Å². The number of fused-ring (bicyclic) bond motifs is 1. The second kappa shape index (κ2) is 8.81. The van der Waals surface area contributed by atoms with Gasteiger partial charge in [-0.2, -0.15) is 14.7 Å². The first-order chi connectivity index (χ1) is 17.1. The molecule has 2 N–H and O–H groups in total. The molecule has 9 nitrogen and oxygen atoms in total. The summed E-state index contributed by atoms with van der Waals surface area (Å²) < 4.78 is 9.18. The average molecular weight is 472 g/mol. The highest BCUT2D eigenvalue weighted by Gasteiger charge is 2.30. The Hall–Kier alpha value is -3.72. The van der Waals surface area contributed by atoms with Crippen molar-refractivity contribution in [2.75, 3.05) is 31.2 Å². The number of morpholine rings is 1. The lowest BCUT2D eigenvalue weighted by Gasteiger charge is -2.29. The summed E-state index contributed by atoms with van der Waals surface area (Å²) in [5.41, 5.74) is 10.8. The number of carbonyl (C=O) groups is 1. The predicted octanol–water partition coefficient (Wildman–Crippen LogP) is 3.48. The van der Waals surface area contributed by atoms with Gasteiger partial charge in [0.05, 0.1) is 18.9 Å². The van der Waals surface area contributed by atoms with Crippen molar-refractivity contribution >= 4 is 17.4 Å². The van der Waals surface area contributed by atoms with E-state index in [0.717, 1.165) is 61.4 Å². The van der Waals surface area contributed by atoms with Crippen molar-refractivity contribution in [3.8, 4) is 17.1 Å². The number of rotatable bonds is 5. The molecule has 0 radical (unpaired) electrons. The predicted molar refractivity (Wildman–Crippen MR) is 133 cm³/mol. The van der Waals surface area contributed by atoms with Crippen molar-refractivity contribution < 1.29 is 9.53 Å². The molecule has 35 heavy (non-hydrogen) atoms. The summed E-state index contributed by atoms with van der Waals surface area (Å²) in [5, 5.41) is 9.54. The Morgan fingerprint density at radius 2 is 1.89 bits per heavy atom. The number of aryl methyl sites for hydroxylation is 1. The maximum absolute atomic E-state index is 12.4. The van der Waals surface area contributed by atoms with Gasteiger partial charge in [0.25, 0.3) is 5.91 Å². The molecule has 1 saturated carbocycles. The summed E-state index contributed by atoms with van der Waals surface area (Å²) in [6.07, 6.45) is 6.23. The summed E-state index contributed by atoms with van der Waals surface area (Å²) in [5.74, 6) is 1.28. The molecular formula is C26H29N7O2. The molecule has 1 aromatic carbocycles. The van der Waals surface area contributed by atoms with Crippen LogP contribution >= 0.6 is 0 Å². The molecule has 2 aliphatic rings. The molecule has 1 amide bonds. The van der Waals surface area contributed by atoms with Gasteiger partial charge in [0.15, 0.2) is 17.2 Å². The van der Waals surface area contributed by atoms with E-state index in [-0.39, 0.29) is 5.92 Å². The van der Waals surface area contributed by atoms with Crippen LogP contribution < -0.4 is 10.6 Å². The van der Waals surface area contributed by atoms with Crippen LogP contribution in [-0.2, 0) is 4.74 Å². The van der Waals surface area contributed by atoms with E-state index < -0.39 is 5.91 Å². The molecule has 0 unspecified atom stereocenters. The maximum Gasteiger partial charge on any atom is 0.269 e. The van der Waals surface area contributed by atoms with Gasteiger partial charge in [-0.25, -0.2) is 9.67 Å². The standard InChI is InChI=1S/C26H29N7O2/c1-17-5-4-8-19(15-17)20-9-10-32(29-20)21-16-22(31-11-13-35-14-12-31)33-26(28-21)23(18-6-2-3-7-18)24(30-33)25(27)34/h4-5,8-10,15-16,18H,2-3,6-7,11-14H2,1H3,(H2,27,34). The van der Waals surface area contributed by atoms with E-state index in [1.54, 1.807) is 9.20 Å². The average Bonchev–Trinajstić information content (AvgIpc) is 3.63. The van der Waals surface area contributed by atoms with Gasteiger partial charge in [0, 0.05) is 36.5 Å². The number of aromatic nitrogens is 5. The van der Waals surface area contributed by atoms with Crippen LogP contribution in [0.1, 0.15) is 53.2 Å². The second-order valence-electron chi connectivity index (χ2n) is 9.43. The lowest BCUT2D eigenvalue weighted by atomic mass is 9.97. The fraction of sp³-hybridized carbons (Fsp3) is 0.385. The number of amides is 1. The zero-order valence-corrected chi connectivity index (χ0v) is 19.9. The van der Waals surface area contributed by atoms with Crippen molar-refractivity contribution in [3.05, 3.63) is 59.4 Å². The zero-order chi connectivity index (χ0) is 23.9. The number of ether oxygens (including phenoxy) is 1. The van der Waals surface area contributed by atoms with Crippen LogP contribution in [0.15, 0.2) is 42.6 Å². The quantitative estimate of drug-likeness (QED) is 0.478. The van der Waals surface area contributed by atoms with E-state index >= 15 is 0 Å². The third kappa shape index (κ3) is 3.95. The second-order valence-corrected chi connectivity index (χ2v) is 9.43. The molecular weight excluding hydrogens is 442 g/mol. The number of hydrogen-bond acceptors (Lipinski definition) is 6. The number of primary amides is 1. The number of hydrogen-bond donors (Lipinski definition) is 1. The minimum Gasteiger partial charge on any atom is -0.378 e. The van der Waals surface area contributed by atoms with Gasteiger partial charge in [-0.15, -0.1) is 0 Å². The topological polar surface area (TPSA) is 104 Å². The first-order valence-corrected chi connectivity index (χ1v) is 12.3. The molecule has 4 aromatic rings. The lowest BCUT2D eigenvalue weighted by molar-refractivity contribution is 0.0993. The van der Waals surface area contributed by atoms with E-state index in [0.29, 0.717) is 30.4 Å². The molecule has 1 aliphatic carbocycles. The first kappa shape index (κ1) is 21.8. The lowest BCUT2D eigenvalue weighted by Crippen LogP contribution is -2.37. The monoisotopic (exact) mass is 471 g/mol. The normalized spacial score (nSPS) is 16.9. The van der Waals surface area contributed by atoms with E-state index in [1.807, 2.05) is 24.4 Å². The number of benzene rings is 1. The highest BCUT2D eigenvalue weighted by Crippen LogP contribution is 2.39. The van der Waals surface area contributed by atoms with Gasteiger partial charge in [-0.05, 0) is 37.8 Å². The maximum atomic E-state index is 12.4. The molecule has 3 aromatic heterocycles. The fourth-order valence-electron chi connectivity index (χ4n) is 5.32. The highest BCUT2D eigenvalue weighted by molar-refractivity contribution is 5.94. The van der Waals surface area contributed by atoms with Gasteiger partial charge >= 0.3 is 0 Å². The number of carbonyl (C=O) groups excluding carboxylic acids is 1. The number of nitrogens with zero attached hydrogens (tertiary/aromatic N) is 6. The molecule has 6 rings (SSSR count). The van der Waals surface area contributed by atoms with E-state index in [9.17, 15) is 4.79 Å². The van der Waals surface area contributed by atoms with E-state index in [1.165, 1.54) is 5.56 Å².